The molecule has 3 rings (SSSR count). The molecule has 0 atom stereocenters. The van der Waals surface area contributed by atoms with Crippen LogP contribution < -0.4 is 11.3 Å². The van der Waals surface area contributed by atoms with Gasteiger partial charge in [0.05, 0.1) is 23.9 Å². The molecule has 0 saturated carbocycles. The van der Waals surface area contributed by atoms with E-state index in [9.17, 15) is 4.79 Å². The van der Waals surface area contributed by atoms with E-state index >= 15 is 0 Å². The molecule has 5 nitrogen and oxygen atoms in total. The fourth-order valence-corrected chi connectivity index (χ4v) is 2.30. The highest BCUT2D eigenvalue weighted by Crippen LogP contribution is 2.16. The van der Waals surface area contributed by atoms with Crippen LogP contribution in [-0.2, 0) is 6.54 Å². The Kier molecular flexibility index (Phi) is 3.89. The van der Waals surface area contributed by atoms with Crippen molar-refractivity contribution in [3.05, 3.63) is 82.1 Å². The minimum absolute atomic E-state index is 0.176. The molecule has 5 heteroatoms. The first-order valence-electron chi connectivity index (χ1n) is 7.09. The average molecular weight is 302 g/mol. The summed E-state index contributed by atoms with van der Waals surface area (Å²) in [4.78, 5) is 12.0. The second-order valence-corrected chi connectivity index (χ2v) is 5.15. The lowest BCUT2D eigenvalue weighted by Crippen LogP contribution is -2.22. The third-order valence-electron chi connectivity index (χ3n) is 3.46. The lowest BCUT2D eigenvalue weighted by atomic mass is 10.1. The average Bonchev–Trinajstić information content (AvgIpc) is 2.57. The highest BCUT2D eigenvalue weighted by Gasteiger charge is 2.05. The molecule has 23 heavy (non-hydrogen) atoms. The molecule has 112 valence electrons. The van der Waals surface area contributed by atoms with Crippen molar-refractivity contribution in [1.29, 1.82) is 5.26 Å². The topological polar surface area (TPSA) is 84.7 Å². The second-order valence-electron chi connectivity index (χ2n) is 5.15. The van der Waals surface area contributed by atoms with Gasteiger partial charge in [-0.25, -0.2) is 4.68 Å². The molecular weight excluding hydrogens is 288 g/mol. The lowest BCUT2D eigenvalue weighted by Gasteiger charge is -2.08. The van der Waals surface area contributed by atoms with Gasteiger partial charge in [0.15, 0.2) is 0 Å². The standard InChI is InChI=1S/C18H14N4O/c19-11-13-4-6-15(7-5-13)17-8-9-18(23)22(21-17)12-14-2-1-3-16(20)10-14/h1-10H,12,20H2. The first-order valence-corrected chi connectivity index (χ1v) is 7.09. The maximum absolute atomic E-state index is 12.0. The van der Waals surface area contributed by atoms with Crippen LogP contribution >= 0.6 is 0 Å². The molecule has 0 bridgehead atoms. The maximum Gasteiger partial charge on any atom is 0.267 e. The number of aromatic nitrogens is 2. The quantitative estimate of drug-likeness (QED) is 0.753. The van der Waals surface area contributed by atoms with Crippen LogP contribution in [0, 0.1) is 11.3 Å². The Hall–Kier alpha value is -3.39. The zero-order chi connectivity index (χ0) is 16.2. The van der Waals surface area contributed by atoms with Gasteiger partial charge in [-0.2, -0.15) is 10.4 Å². The number of hydrogen-bond donors (Lipinski definition) is 1. The lowest BCUT2D eigenvalue weighted by molar-refractivity contribution is 0.643. The van der Waals surface area contributed by atoms with Crippen LogP contribution in [-0.4, -0.2) is 9.78 Å². The summed E-state index contributed by atoms with van der Waals surface area (Å²) >= 11 is 0. The Labute approximate surface area is 133 Å². The molecule has 1 heterocycles. The van der Waals surface area contributed by atoms with Crippen molar-refractivity contribution in [2.24, 2.45) is 0 Å². The normalized spacial score (nSPS) is 10.2. The zero-order valence-corrected chi connectivity index (χ0v) is 12.3. The van der Waals surface area contributed by atoms with Crippen molar-refractivity contribution in [2.45, 2.75) is 6.54 Å². The Morgan fingerprint density at radius 3 is 2.57 bits per heavy atom. The summed E-state index contributed by atoms with van der Waals surface area (Å²) in [6, 6.07) is 19.7. The van der Waals surface area contributed by atoms with E-state index in [2.05, 4.69) is 11.2 Å². The minimum atomic E-state index is -0.176. The van der Waals surface area contributed by atoms with Crippen LogP contribution in [0.3, 0.4) is 0 Å². The SMILES string of the molecule is N#Cc1ccc(-c2ccc(=O)n(Cc3cccc(N)c3)n2)cc1. The molecule has 0 saturated heterocycles. The summed E-state index contributed by atoms with van der Waals surface area (Å²) in [5.74, 6) is 0. The van der Waals surface area contributed by atoms with Crippen LogP contribution in [0.2, 0.25) is 0 Å². The van der Waals surface area contributed by atoms with Gasteiger partial charge in [0.1, 0.15) is 0 Å². The predicted molar refractivity (Wildman–Crippen MR) is 88.6 cm³/mol. The van der Waals surface area contributed by atoms with Crippen molar-refractivity contribution in [1.82, 2.24) is 9.78 Å². The van der Waals surface area contributed by atoms with Gasteiger partial charge in [-0.1, -0.05) is 24.3 Å². The van der Waals surface area contributed by atoms with Crippen molar-refractivity contribution >= 4 is 5.69 Å². The zero-order valence-electron chi connectivity index (χ0n) is 12.3. The highest BCUT2D eigenvalue weighted by atomic mass is 16.1. The summed E-state index contributed by atoms with van der Waals surface area (Å²) in [5, 5.41) is 13.2. The van der Waals surface area contributed by atoms with Crippen molar-refractivity contribution in [2.75, 3.05) is 5.73 Å². The van der Waals surface area contributed by atoms with E-state index in [0.717, 1.165) is 11.1 Å². The molecule has 0 amide bonds. The van der Waals surface area contributed by atoms with Crippen molar-refractivity contribution in [3.63, 3.8) is 0 Å². The monoisotopic (exact) mass is 302 g/mol. The van der Waals surface area contributed by atoms with Crippen LogP contribution in [0.5, 0.6) is 0 Å². The van der Waals surface area contributed by atoms with E-state index in [0.29, 0.717) is 23.5 Å². The van der Waals surface area contributed by atoms with E-state index in [-0.39, 0.29) is 5.56 Å². The highest BCUT2D eigenvalue weighted by molar-refractivity contribution is 5.59. The molecule has 3 aromatic rings. The van der Waals surface area contributed by atoms with Gasteiger partial charge in [0.2, 0.25) is 0 Å². The molecule has 1 aromatic heterocycles. The van der Waals surface area contributed by atoms with Gasteiger partial charge in [0, 0.05) is 17.3 Å². The van der Waals surface area contributed by atoms with Gasteiger partial charge in [-0.15, -0.1) is 0 Å². The van der Waals surface area contributed by atoms with E-state index < -0.39 is 0 Å². The number of nitrogen functional groups attached to an aromatic ring is 1. The summed E-state index contributed by atoms with van der Waals surface area (Å²) in [6.45, 7) is 0.355. The maximum atomic E-state index is 12.0. The summed E-state index contributed by atoms with van der Waals surface area (Å²) in [5.41, 5.74) is 9.27. The minimum Gasteiger partial charge on any atom is -0.399 e. The number of hydrogen-bond acceptors (Lipinski definition) is 4. The third kappa shape index (κ3) is 3.27. The Balaban J connectivity index is 1.95. The fourth-order valence-electron chi connectivity index (χ4n) is 2.30. The molecule has 2 N–H and O–H groups in total. The second kappa shape index (κ2) is 6.16. The molecule has 0 fully saturated rings. The fraction of sp³-hybridized carbons (Fsp3) is 0.0556. The molecule has 0 spiro atoms. The number of nitriles is 1. The molecule has 0 aliphatic carbocycles. The van der Waals surface area contributed by atoms with Gasteiger partial charge < -0.3 is 5.73 Å². The molecule has 0 unspecified atom stereocenters. The Morgan fingerprint density at radius 2 is 1.87 bits per heavy atom. The number of benzene rings is 2. The smallest absolute Gasteiger partial charge is 0.267 e. The molecular formula is C18H14N4O. The van der Waals surface area contributed by atoms with Gasteiger partial charge in [-0.3, -0.25) is 4.79 Å². The third-order valence-corrected chi connectivity index (χ3v) is 3.46. The van der Waals surface area contributed by atoms with Crippen molar-refractivity contribution in [3.8, 4) is 17.3 Å². The van der Waals surface area contributed by atoms with E-state index in [1.54, 1.807) is 24.3 Å². The van der Waals surface area contributed by atoms with E-state index in [1.165, 1.54) is 10.7 Å². The summed E-state index contributed by atoms with van der Waals surface area (Å²) in [7, 11) is 0. The van der Waals surface area contributed by atoms with Gasteiger partial charge in [0.25, 0.3) is 5.56 Å². The number of nitrogens with zero attached hydrogens (tertiary/aromatic N) is 3. The summed E-state index contributed by atoms with van der Waals surface area (Å²) in [6.07, 6.45) is 0. The van der Waals surface area contributed by atoms with Crippen LogP contribution in [0.15, 0.2) is 65.5 Å². The van der Waals surface area contributed by atoms with Crippen LogP contribution in [0.4, 0.5) is 5.69 Å². The van der Waals surface area contributed by atoms with Crippen LogP contribution in [0.25, 0.3) is 11.3 Å². The van der Waals surface area contributed by atoms with Gasteiger partial charge >= 0.3 is 0 Å². The molecule has 0 aliphatic heterocycles. The molecule has 0 aliphatic rings. The van der Waals surface area contributed by atoms with E-state index in [4.69, 9.17) is 11.0 Å². The Bertz CT molecular complexity index is 936. The summed E-state index contributed by atoms with van der Waals surface area (Å²) < 4.78 is 1.41. The first-order chi connectivity index (χ1) is 11.2. The van der Waals surface area contributed by atoms with E-state index in [1.807, 2.05) is 30.3 Å². The number of anilines is 1. The van der Waals surface area contributed by atoms with Gasteiger partial charge in [-0.05, 0) is 35.9 Å². The number of nitrogens with two attached hydrogens (primary N) is 1. The van der Waals surface area contributed by atoms with Crippen LogP contribution in [0.1, 0.15) is 11.1 Å². The number of rotatable bonds is 3. The Morgan fingerprint density at radius 1 is 1.09 bits per heavy atom. The van der Waals surface area contributed by atoms with Crippen molar-refractivity contribution < 1.29 is 0 Å². The molecule has 0 radical (unpaired) electrons. The predicted octanol–water partition coefficient (Wildman–Crippen LogP) is 2.41. The molecule has 2 aromatic carbocycles. The largest absolute Gasteiger partial charge is 0.399 e. The first kappa shape index (κ1) is 14.5.